The van der Waals surface area contributed by atoms with Crippen LogP contribution in [-0.4, -0.2) is 45.9 Å². The minimum Gasteiger partial charge on any atom is -0.444 e. The van der Waals surface area contributed by atoms with Crippen LogP contribution in [0.4, 0.5) is 9.18 Å². The third kappa shape index (κ3) is 6.30. The Bertz CT molecular complexity index is 1090. The average molecular weight is 516 g/mol. The Morgan fingerprint density at radius 1 is 1.08 bits per heavy atom. The molecule has 1 N–H and O–H groups in total. The number of ketones is 1. The number of likely N-dealkylation sites (tertiary alicyclic amines) is 1. The summed E-state index contributed by atoms with van der Waals surface area (Å²) in [5, 5.41) is 5.28. The molecule has 1 aliphatic carbocycles. The number of halogens is 1. The summed E-state index contributed by atoms with van der Waals surface area (Å²) in [6, 6.07) is 4.49. The number of hydrogen-bond donors (Lipinski definition) is 1. The highest BCUT2D eigenvalue weighted by molar-refractivity contribution is 7.10. The van der Waals surface area contributed by atoms with Crippen LogP contribution in [0.3, 0.4) is 0 Å². The standard InChI is InChI=1S/C27H34FN3O4S/c1-27(2,3)35-26(34)30-22(17-8-5-4-6-9-17)25(33)31-15-7-10-21(31)24-29-20(16-36-24)23(32)18-11-13-19(28)14-12-18/h11-14,16-17,21-22H,4-10,15H2,1-3H3,(H,30,34). The number of thiazole rings is 1. The second kappa shape index (κ2) is 11.1. The Kier molecular flexibility index (Phi) is 8.07. The molecule has 1 saturated carbocycles. The number of alkyl carbamates (subject to hydrolysis) is 1. The van der Waals surface area contributed by atoms with Gasteiger partial charge in [-0.1, -0.05) is 19.3 Å². The molecule has 0 bridgehead atoms. The highest BCUT2D eigenvalue weighted by atomic mass is 32.1. The molecule has 2 unspecified atom stereocenters. The molecule has 2 aliphatic rings. The Balaban J connectivity index is 1.52. The van der Waals surface area contributed by atoms with E-state index in [1.807, 2.05) is 4.90 Å². The van der Waals surface area contributed by atoms with E-state index in [-0.39, 0.29) is 29.3 Å². The molecule has 194 valence electrons. The van der Waals surface area contributed by atoms with E-state index in [2.05, 4.69) is 10.3 Å². The van der Waals surface area contributed by atoms with Gasteiger partial charge in [-0.25, -0.2) is 14.2 Å². The highest BCUT2D eigenvalue weighted by Crippen LogP contribution is 2.36. The van der Waals surface area contributed by atoms with Gasteiger partial charge in [-0.05, 0) is 76.6 Å². The van der Waals surface area contributed by atoms with Gasteiger partial charge in [0.25, 0.3) is 0 Å². The van der Waals surface area contributed by atoms with Crippen molar-refractivity contribution >= 4 is 29.1 Å². The number of benzene rings is 1. The smallest absolute Gasteiger partial charge is 0.408 e. The van der Waals surface area contributed by atoms with Crippen molar-refractivity contribution in [2.75, 3.05) is 6.54 Å². The molecule has 36 heavy (non-hydrogen) atoms. The van der Waals surface area contributed by atoms with Crippen molar-refractivity contribution < 1.29 is 23.5 Å². The van der Waals surface area contributed by atoms with Gasteiger partial charge in [-0.15, -0.1) is 11.3 Å². The fourth-order valence-corrected chi connectivity index (χ4v) is 5.99. The Morgan fingerprint density at radius 3 is 2.44 bits per heavy atom. The maximum Gasteiger partial charge on any atom is 0.408 e. The fraction of sp³-hybridized carbons (Fsp3) is 0.556. The van der Waals surface area contributed by atoms with Gasteiger partial charge in [0, 0.05) is 17.5 Å². The van der Waals surface area contributed by atoms with Gasteiger partial charge in [0.15, 0.2) is 0 Å². The molecule has 1 saturated heterocycles. The first-order valence-electron chi connectivity index (χ1n) is 12.7. The van der Waals surface area contributed by atoms with Crippen LogP contribution in [0.15, 0.2) is 29.6 Å². The molecule has 2 aromatic rings. The number of rotatable bonds is 6. The summed E-state index contributed by atoms with van der Waals surface area (Å²) < 4.78 is 18.7. The van der Waals surface area contributed by atoms with Crippen LogP contribution in [0.1, 0.15) is 92.8 Å². The number of carbonyl (C=O) groups excluding carboxylic acids is 3. The minimum absolute atomic E-state index is 0.0620. The molecule has 2 amide bonds. The second-order valence-electron chi connectivity index (χ2n) is 10.6. The van der Waals surface area contributed by atoms with E-state index < -0.39 is 23.6 Å². The lowest BCUT2D eigenvalue weighted by Crippen LogP contribution is -2.53. The summed E-state index contributed by atoms with van der Waals surface area (Å²) in [6.07, 6.45) is 5.97. The number of nitrogens with zero attached hydrogens (tertiary/aromatic N) is 2. The lowest BCUT2D eigenvalue weighted by molar-refractivity contribution is -0.136. The lowest BCUT2D eigenvalue weighted by atomic mass is 9.83. The molecular formula is C27H34FN3O4S. The zero-order chi connectivity index (χ0) is 25.9. The molecule has 0 spiro atoms. The third-order valence-corrected chi connectivity index (χ3v) is 7.69. The monoisotopic (exact) mass is 515 g/mol. The predicted molar refractivity (Wildman–Crippen MR) is 135 cm³/mol. The van der Waals surface area contributed by atoms with Gasteiger partial charge in [0.2, 0.25) is 11.7 Å². The van der Waals surface area contributed by atoms with Crippen molar-refractivity contribution in [3.63, 3.8) is 0 Å². The number of amides is 2. The fourth-order valence-electron chi connectivity index (χ4n) is 5.04. The second-order valence-corrected chi connectivity index (χ2v) is 11.5. The number of aromatic nitrogens is 1. The predicted octanol–water partition coefficient (Wildman–Crippen LogP) is 5.65. The molecule has 0 radical (unpaired) electrons. The number of hydrogen-bond acceptors (Lipinski definition) is 6. The Labute approximate surface area is 215 Å². The van der Waals surface area contributed by atoms with Gasteiger partial charge >= 0.3 is 6.09 Å². The summed E-state index contributed by atoms with van der Waals surface area (Å²) in [5.74, 6) is -0.734. The van der Waals surface area contributed by atoms with Gasteiger partial charge < -0.3 is 15.0 Å². The summed E-state index contributed by atoms with van der Waals surface area (Å²) in [7, 11) is 0. The van der Waals surface area contributed by atoms with Gasteiger partial charge in [-0.3, -0.25) is 9.59 Å². The van der Waals surface area contributed by atoms with Gasteiger partial charge in [0.05, 0.1) is 6.04 Å². The van der Waals surface area contributed by atoms with E-state index in [9.17, 15) is 18.8 Å². The molecule has 1 aliphatic heterocycles. The number of nitrogens with one attached hydrogen (secondary N) is 1. The molecular weight excluding hydrogens is 481 g/mol. The molecule has 2 heterocycles. The molecule has 2 fully saturated rings. The van der Waals surface area contributed by atoms with E-state index in [1.54, 1.807) is 26.2 Å². The van der Waals surface area contributed by atoms with E-state index in [4.69, 9.17) is 4.74 Å². The molecule has 7 nitrogen and oxygen atoms in total. The van der Waals surface area contributed by atoms with E-state index >= 15 is 0 Å². The third-order valence-electron chi connectivity index (χ3n) is 6.74. The first kappa shape index (κ1) is 26.3. The summed E-state index contributed by atoms with van der Waals surface area (Å²) in [6.45, 7) is 5.97. The van der Waals surface area contributed by atoms with Crippen LogP contribution in [-0.2, 0) is 9.53 Å². The molecule has 1 aromatic heterocycles. The topological polar surface area (TPSA) is 88.6 Å². The zero-order valence-electron chi connectivity index (χ0n) is 21.1. The quantitative estimate of drug-likeness (QED) is 0.502. The summed E-state index contributed by atoms with van der Waals surface area (Å²) in [4.78, 5) is 45.7. The van der Waals surface area contributed by atoms with Crippen LogP contribution in [0.2, 0.25) is 0 Å². The molecule has 2 atom stereocenters. The maximum absolute atomic E-state index is 13.9. The van der Waals surface area contributed by atoms with Crippen LogP contribution in [0.5, 0.6) is 0 Å². The van der Waals surface area contributed by atoms with Crippen molar-refractivity contribution in [1.82, 2.24) is 15.2 Å². The molecule has 9 heteroatoms. The Hall–Kier alpha value is -2.81. The van der Waals surface area contributed by atoms with Crippen LogP contribution >= 0.6 is 11.3 Å². The van der Waals surface area contributed by atoms with Crippen molar-refractivity contribution in [2.45, 2.75) is 83.4 Å². The normalized spacial score (nSPS) is 19.7. The minimum atomic E-state index is -0.658. The zero-order valence-corrected chi connectivity index (χ0v) is 21.9. The highest BCUT2D eigenvalue weighted by Gasteiger charge is 2.40. The molecule has 1 aromatic carbocycles. The van der Waals surface area contributed by atoms with Crippen molar-refractivity contribution in [3.05, 3.63) is 51.7 Å². The number of ether oxygens (including phenoxy) is 1. The van der Waals surface area contributed by atoms with Gasteiger partial charge in [0.1, 0.15) is 28.2 Å². The first-order chi connectivity index (χ1) is 17.1. The van der Waals surface area contributed by atoms with Crippen LogP contribution in [0, 0.1) is 11.7 Å². The van der Waals surface area contributed by atoms with Crippen molar-refractivity contribution in [2.24, 2.45) is 5.92 Å². The maximum atomic E-state index is 13.9. The van der Waals surface area contributed by atoms with E-state index in [0.717, 1.165) is 44.9 Å². The van der Waals surface area contributed by atoms with E-state index in [0.29, 0.717) is 17.1 Å². The largest absolute Gasteiger partial charge is 0.444 e. The van der Waals surface area contributed by atoms with Crippen LogP contribution < -0.4 is 5.32 Å². The molecule has 4 rings (SSSR count). The Morgan fingerprint density at radius 2 is 1.78 bits per heavy atom. The number of carbonyl (C=O) groups is 3. The van der Waals surface area contributed by atoms with Crippen molar-refractivity contribution in [1.29, 1.82) is 0 Å². The lowest BCUT2D eigenvalue weighted by Gasteiger charge is -2.35. The summed E-state index contributed by atoms with van der Waals surface area (Å²) >= 11 is 1.35. The van der Waals surface area contributed by atoms with E-state index in [1.165, 1.54) is 35.6 Å². The van der Waals surface area contributed by atoms with Gasteiger partial charge in [-0.2, -0.15) is 0 Å². The average Bonchev–Trinajstić information content (AvgIpc) is 3.51. The first-order valence-corrected chi connectivity index (χ1v) is 13.6. The van der Waals surface area contributed by atoms with Crippen molar-refractivity contribution in [3.8, 4) is 0 Å². The summed E-state index contributed by atoms with van der Waals surface area (Å²) in [5.41, 5.74) is -0.00227. The SMILES string of the molecule is CC(C)(C)OC(=O)NC(C(=O)N1CCCC1c1nc(C(=O)c2ccc(F)cc2)cs1)C1CCCCC1. The van der Waals surface area contributed by atoms with Crippen LogP contribution in [0.25, 0.3) is 0 Å².